The highest BCUT2D eigenvalue weighted by Gasteiger charge is 2.24. The molecule has 4 rings (SSSR count). The summed E-state index contributed by atoms with van der Waals surface area (Å²) >= 11 is 5.78. The average molecular weight is 416 g/mol. The molecule has 1 heterocycles. The molecule has 1 aromatic heterocycles. The summed E-state index contributed by atoms with van der Waals surface area (Å²) in [6.07, 6.45) is 8.50. The molecule has 0 spiro atoms. The lowest BCUT2D eigenvalue weighted by molar-refractivity contribution is 0.0926. The van der Waals surface area contributed by atoms with Crippen LogP contribution in [0.5, 0.6) is 0 Å². The van der Waals surface area contributed by atoms with Crippen LogP contribution >= 0.6 is 11.6 Å². The molecule has 1 saturated carbocycles. The number of aryl methyl sites for hydroxylation is 2. The van der Waals surface area contributed by atoms with Gasteiger partial charge in [-0.2, -0.15) is 0 Å². The van der Waals surface area contributed by atoms with Gasteiger partial charge in [0.2, 0.25) is 0 Å². The molecule has 2 N–H and O–H groups in total. The molecule has 4 nitrogen and oxygen atoms in total. The first-order valence-corrected chi connectivity index (χ1v) is 10.9. The Labute approximate surface area is 176 Å². The molecule has 29 heavy (non-hydrogen) atoms. The van der Waals surface area contributed by atoms with Crippen molar-refractivity contribution >= 4 is 23.3 Å². The predicted molar refractivity (Wildman–Crippen MR) is 114 cm³/mol. The highest BCUT2D eigenvalue weighted by Crippen LogP contribution is 2.27. The SMILES string of the molecule is Cc1cc(N[C@H]2CC[C@@H](NC(=O)c3ccc(F)c(Cl)c3)CC2)nc2c1CCCC2. The zero-order chi connectivity index (χ0) is 20.4. The van der Waals surface area contributed by atoms with Gasteiger partial charge in [0.05, 0.1) is 5.02 Å². The lowest BCUT2D eigenvalue weighted by Crippen LogP contribution is -2.40. The normalized spacial score (nSPS) is 21.3. The molecule has 0 bridgehead atoms. The van der Waals surface area contributed by atoms with Crippen LogP contribution in [-0.4, -0.2) is 23.0 Å². The number of aromatic nitrogens is 1. The minimum atomic E-state index is -0.513. The number of carbonyl (C=O) groups excluding carboxylic acids is 1. The molecule has 6 heteroatoms. The number of fused-ring (bicyclic) bond motifs is 1. The van der Waals surface area contributed by atoms with Crippen molar-refractivity contribution in [2.75, 3.05) is 5.32 Å². The lowest BCUT2D eigenvalue weighted by atomic mass is 9.90. The fraction of sp³-hybridized carbons (Fsp3) is 0.478. The van der Waals surface area contributed by atoms with Gasteiger partial charge in [-0.1, -0.05) is 11.6 Å². The monoisotopic (exact) mass is 415 g/mol. The van der Waals surface area contributed by atoms with Crippen molar-refractivity contribution in [3.8, 4) is 0 Å². The Morgan fingerprint density at radius 3 is 2.59 bits per heavy atom. The van der Waals surface area contributed by atoms with Crippen molar-refractivity contribution < 1.29 is 9.18 Å². The van der Waals surface area contributed by atoms with Crippen LogP contribution in [0.3, 0.4) is 0 Å². The van der Waals surface area contributed by atoms with Gasteiger partial charge >= 0.3 is 0 Å². The number of halogens is 2. The van der Waals surface area contributed by atoms with Crippen LogP contribution in [0.1, 0.15) is 65.7 Å². The number of anilines is 1. The Morgan fingerprint density at radius 2 is 1.83 bits per heavy atom. The van der Waals surface area contributed by atoms with E-state index in [1.807, 2.05) is 0 Å². The van der Waals surface area contributed by atoms with E-state index in [1.165, 1.54) is 47.9 Å². The Hall–Kier alpha value is -2.14. The summed E-state index contributed by atoms with van der Waals surface area (Å²) < 4.78 is 13.3. The maximum Gasteiger partial charge on any atom is 0.251 e. The van der Waals surface area contributed by atoms with Gasteiger partial charge in [0.15, 0.2) is 0 Å². The van der Waals surface area contributed by atoms with Gasteiger partial charge in [-0.05, 0) is 93.7 Å². The Balaban J connectivity index is 1.31. The van der Waals surface area contributed by atoms with Gasteiger partial charge < -0.3 is 10.6 Å². The summed E-state index contributed by atoms with van der Waals surface area (Å²) in [6.45, 7) is 2.19. The summed E-state index contributed by atoms with van der Waals surface area (Å²) in [7, 11) is 0. The number of rotatable bonds is 4. The van der Waals surface area contributed by atoms with Crippen LogP contribution in [0.2, 0.25) is 5.02 Å². The van der Waals surface area contributed by atoms with Crippen molar-refractivity contribution in [1.82, 2.24) is 10.3 Å². The van der Waals surface area contributed by atoms with Gasteiger partial charge in [0.1, 0.15) is 11.6 Å². The summed E-state index contributed by atoms with van der Waals surface area (Å²) in [5, 5.41) is 6.63. The third kappa shape index (κ3) is 4.72. The largest absolute Gasteiger partial charge is 0.367 e. The Kier molecular flexibility index (Phi) is 6.04. The van der Waals surface area contributed by atoms with E-state index in [1.54, 1.807) is 0 Å². The van der Waals surface area contributed by atoms with Crippen LogP contribution < -0.4 is 10.6 Å². The second-order valence-electron chi connectivity index (χ2n) is 8.25. The summed E-state index contributed by atoms with van der Waals surface area (Å²) in [4.78, 5) is 17.3. The molecule has 0 unspecified atom stereocenters. The van der Waals surface area contributed by atoms with E-state index in [0.717, 1.165) is 44.3 Å². The fourth-order valence-electron chi connectivity index (χ4n) is 4.48. The second-order valence-corrected chi connectivity index (χ2v) is 8.66. The second kappa shape index (κ2) is 8.70. The molecule has 154 valence electrons. The number of nitrogens with zero attached hydrogens (tertiary/aromatic N) is 1. The van der Waals surface area contributed by atoms with Crippen molar-refractivity contribution in [3.63, 3.8) is 0 Å². The van der Waals surface area contributed by atoms with E-state index in [9.17, 15) is 9.18 Å². The van der Waals surface area contributed by atoms with Crippen LogP contribution in [0.25, 0.3) is 0 Å². The molecule has 0 saturated heterocycles. The van der Waals surface area contributed by atoms with E-state index in [2.05, 4.69) is 23.6 Å². The molecular weight excluding hydrogens is 389 g/mol. The number of benzene rings is 1. The van der Waals surface area contributed by atoms with Crippen molar-refractivity contribution in [1.29, 1.82) is 0 Å². The maximum absolute atomic E-state index is 13.3. The van der Waals surface area contributed by atoms with Crippen molar-refractivity contribution in [2.24, 2.45) is 0 Å². The van der Waals surface area contributed by atoms with Gasteiger partial charge in [-0.25, -0.2) is 9.37 Å². The summed E-state index contributed by atoms with van der Waals surface area (Å²) in [6, 6.07) is 6.75. The average Bonchev–Trinajstić information content (AvgIpc) is 2.71. The number of carbonyl (C=O) groups is 1. The number of pyridine rings is 1. The molecule has 2 aliphatic rings. The van der Waals surface area contributed by atoms with Gasteiger partial charge in [0, 0.05) is 23.3 Å². The van der Waals surface area contributed by atoms with Crippen LogP contribution in [0, 0.1) is 12.7 Å². The predicted octanol–water partition coefficient (Wildman–Crippen LogP) is 5.21. The number of amides is 1. The fourth-order valence-corrected chi connectivity index (χ4v) is 4.66. The standard InChI is InChI=1S/C23H27ClFN3O/c1-14-12-22(28-21-5-3-2-4-18(14)21)26-16-7-9-17(10-8-16)27-23(29)15-6-11-20(25)19(24)13-15/h6,11-13,16-17H,2-5,7-10H2,1H3,(H,26,28)(H,27,29)/t16-,17+. The summed E-state index contributed by atoms with van der Waals surface area (Å²) in [5.74, 6) is 0.271. The summed E-state index contributed by atoms with van der Waals surface area (Å²) in [5.41, 5.74) is 4.44. The first kappa shape index (κ1) is 20.1. The third-order valence-electron chi connectivity index (χ3n) is 6.12. The third-order valence-corrected chi connectivity index (χ3v) is 6.41. The smallest absolute Gasteiger partial charge is 0.251 e. The van der Waals surface area contributed by atoms with Gasteiger partial charge in [-0.15, -0.1) is 0 Å². The van der Waals surface area contributed by atoms with Crippen molar-refractivity contribution in [2.45, 2.75) is 70.4 Å². The number of hydrogen-bond acceptors (Lipinski definition) is 3. The molecule has 0 aliphatic heterocycles. The topological polar surface area (TPSA) is 54.0 Å². The molecule has 0 radical (unpaired) electrons. The molecule has 0 atom stereocenters. The van der Waals surface area contributed by atoms with E-state index in [4.69, 9.17) is 16.6 Å². The maximum atomic E-state index is 13.3. The minimum Gasteiger partial charge on any atom is -0.367 e. The quantitative estimate of drug-likeness (QED) is 0.720. The lowest BCUT2D eigenvalue weighted by Gasteiger charge is -2.30. The van der Waals surface area contributed by atoms with E-state index < -0.39 is 5.82 Å². The Morgan fingerprint density at radius 1 is 1.10 bits per heavy atom. The molecule has 2 aromatic rings. The van der Waals surface area contributed by atoms with Gasteiger partial charge in [-0.3, -0.25) is 4.79 Å². The minimum absolute atomic E-state index is 0.0293. The highest BCUT2D eigenvalue weighted by atomic mass is 35.5. The van der Waals surface area contributed by atoms with E-state index in [0.29, 0.717) is 11.6 Å². The van der Waals surface area contributed by atoms with Crippen LogP contribution in [0.15, 0.2) is 24.3 Å². The first-order valence-electron chi connectivity index (χ1n) is 10.5. The Bertz CT molecular complexity index is 909. The van der Waals surface area contributed by atoms with Crippen LogP contribution in [0.4, 0.5) is 10.2 Å². The van der Waals surface area contributed by atoms with E-state index in [-0.39, 0.29) is 17.0 Å². The molecule has 1 amide bonds. The first-order chi connectivity index (χ1) is 14.0. The zero-order valence-corrected chi connectivity index (χ0v) is 17.5. The van der Waals surface area contributed by atoms with Gasteiger partial charge in [0.25, 0.3) is 5.91 Å². The number of nitrogens with one attached hydrogen (secondary N) is 2. The zero-order valence-electron chi connectivity index (χ0n) is 16.7. The molecule has 2 aliphatic carbocycles. The molecule has 1 aromatic carbocycles. The molecule has 1 fully saturated rings. The number of hydrogen-bond donors (Lipinski definition) is 2. The highest BCUT2D eigenvalue weighted by molar-refractivity contribution is 6.31. The molecular formula is C23H27ClFN3O. The van der Waals surface area contributed by atoms with Crippen molar-refractivity contribution in [3.05, 3.63) is 57.5 Å². The van der Waals surface area contributed by atoms with Crippen LogP contribution in [-0.2, 0) is 12.8 Å². The van der Waals surface area contributed by atoms with E-state index >= 15 is 0 Å².